The molecule has 25 heavy (non-hydrogen) atoms. The molecule has 2 amide bonds. The van der Waals surface area contributed by atoms with Gasteiger partial charge in [0.15, 0.2) is 0 Å². The van der Waals surface area contributed by atoms with Gasteiger partial charge in [-0.15, -0.1) is 0 Å². The number of carbonyl (C=O) groups excluding carboxylic acids is 2. The molecule has 0 unspecified atom stereocenters. The van der Waals surface area contributed by atoms with E-state index in [2.05, 4.69) is 26.6 Å². The molecule has 0 heterocycles. The third-order valence-electron chi connectivity index (χ3n) is 3.52. The van der Waals surface area contributed by atoms with Crippen molar-refractivity contribution in [2.24, 2.45) is 0 Å². The van der Waals surface area contributed by atoms with Crippen molar-refractivity contribution in [2.75, 3.05) is 5.32 Å². The van der Waals surface area contributed by atoms with Gasteiger partial charge >= 0.3 is 0 Å². The van der Waals surface area contributed by atoms with E-state index in [4.69, 9.17) is 5.26 Å². The summed E-state index contributed by atoms with van der Waals surface area (Å²) in [5, 5.41) is 13.9. The highest BCUT2D eigenvalue weighted by atomic mass is 79.9. The summed E-state index contributed by atoms with van der Waals surface area (Å²) in [5.74, 6) is -0.342. The number of nitrogens with one attached hydrogen (secondary N) is 2. The maximum atomic E-state index is 12.0. The number of benzene rings is 2. The lowest BCUT2D eigenvalue weighted by molar-refractivity contribution is -0.120. The molecular formula is C19H18BrN3O2. The van der Waals surface area contributed by atoms with Crippen LogP contribution in [-0.4, -0.2) is 11.8 Å². The van der Waals surface area contributed by atoms with Gasteiger partial charge in [0.1, 0.15) is 6.42 Å². The Morgan fingerprint density at radius 2 is 1.60 bits per heavy atom. The minimum atomic E-state index is -0.298. The number of anilines is 1. The molecule has 0 atom stereocenters. The summed E-state index contributed by atoms with van der Waals surface area (Å²) in [6.45, 7) is 0.359. The Kier molecular flexibility index (Phi) is 7.17. The summed E-state index contributed by atoms with van der Waals surface area (Å²) < 4.78 is 1.02. The van der Waals surface area contributed by atoms with Crippen LogP contribution in [0.2, 0.25) is 0 Å². The molecule has 128 valence electrons. The number of carbonyl (C=O) groups is 2. The second-order valence-corrected chi connectivity index (χ2v) is 6.40. The quantitative estimate of drug-likeness (QED) is 0.746. The Morgan fingerprint density at radius 3 is 2.24 bits per heavy atom. The average Bonchev–Trinajstić information content (AvgIpc) is 2.61. The van der Waals surface area contributed by atoms with E-state index in [1.54, 1.807) is 18.2 Å². The zero-order valence-electron chi connectivity index (χ0n) is 13.6. The van der Waals surface area contributed by atoms with E-state index in [-0.39, 0.29) is 18.2 Å². The first-order valence-corrected chi connectivity index (χ1v) is 8.63. The highest BCUT2D eigenvalue weighted by molar-refractivity contribution is 9.10. The molecule has 0 bridgehead atoms. The molecule has 0 aromatic heterocycles. The molecule has 0 radical (unpaired) electrons. The van der Waals surface area contributed by atoms with Crippen LogP contribution in [-0.2, 0) is 22.6 Å². The molecule has 0 aliphatic heterocycles. The molecule has 0 saturated heterocycles. The van der Waals surface area contributed by atoms with E-state index in [9.17, 15) is 9.59 Å². The molecule has 0 saturated carbocycles. The molecule has 0 fully saturated rings. The van der Waals surface area contributed by atoms with E-state index in [0.717, 1.165) is 15.6 Å². The second kappa shape index (κ2) is 9.60. The van der Waals surface area contributed by atoms with E-state index < -0.39 is 0 Å². The smallest absolute Gasteiger partial charge is 0.234 e. The monoisotopic (exact) mass is 399 g/mol. The summed E-state index contributed by atoms with van der Waals surface area (Å²) in [6, 6.07) is 17.0. The number of nitriles is 1. The van der Waals surface area contributed by atoms with E-state index in [1.807, 2.05) is 36.4 Å². The van der Waals surface area contributed by atoms with Gasteiger partial charge in [0.05, 0.1) is 6.07 Å². The first-order valence-electron chi connectivity index (χ1n) is 7.83. The van der Waals surface area contributed by atoms with Crippen LogP contribution in [0.25, 0.3) is 0 Å². The van der Waals surface area contributed by atoms with Crippen molar-refractivity contribution < 1.29 is 9.59 Å². The summed E-state index contributed by atoms with van der Waals surface area (Å²) in [7, 11) is 0. The van der Waals surface area contributed by atoms with Gasteiger partial charge in [-0.3, -0.25) is 9.59 Å². The highest BCUT2D eigenvalue weighted by Crippen LogP contribution is 2.13. The fourth-order valence-corrected chi connectivity index (χ4v) is 2.44. The van der Waals surface area contributed by atoms with E-state index >= 15 is 0 Å². The van der Waals surface area contributed by atoms with Gasteiger partial charge in [0.25, 0.3) is 0 Å². The fourth-order valence-electron chi connectivity index (χ4n) is 2.17. The number of hydrogen-bond donors (Lipinski definition) is 2. The van der Waals surface area contributed by atoms with Crippen LogP contribution in [0.1, 0.15) is 24.0 Å². The van der Waals surface area contributed by atoms with Crippen molar-refractivity contribution in [3.8, 4) is 6.07 Å². The van der Waals surface area contributed by atoms with Crippen molar-refractivity contribution in [3.05, 3.63) is 64.1 Å². The molecule has 5 nitrogen and oxygen atoms in total. The fraction of sp³-hybridized carbons (Fsp3) is 0.211. The van der Waals surface area contributed by atoms with Crippen LogP contribution in [0.15, 0.2) is 53.0 Å². The van der Waals surface area contributed by atoms with Gasteiger partial charge in [-0.25, -0.2) is 0 Å². The van der Waals surface area contributed by atoms with E-state index in [0.29, 0.717) is 25.1 Å². The van der Waals surface area contributed by atoms with Crippen molar-refractivity contribution in [1.82, 2.24) is 5.32 Å². The molecule has 6 heteroatoms. The minimum absolute atomic E-state index is 0.0435. The third-order valence-corrected chi connectivity index (χ3v) is 4.05. The second-order valence-electron chi connectivity index (χ2n) is 5.48. The molecular weight excluding hydrogens is 382 g/mol. The van der Waals surface area contributed by atoms with E-state index in [1.165, 1.54) is 0 Å². The zero-order chi connectivity index (χ0) is 18.1. The van der Waals surface area contributed by atoms with Gasteiger partial charge in [0.2, 0.25) is 11.8 Å². The standard InChI is InChI=1S/C19H18BrN3O2/c20-16-6-1-14(2-7-16)5-10-19(25)23-17-8-3-15(4-9-17)13-22-18(24)11-12-21/h1-4,6-9H,5,10-11,13H2,(H,22,24)(H,23,25). The molecule has 0 aliphatic rings. The molecule has 2 aromatic rings. The minimum Gasteiger partial charge on any atom is -0.351 e. The number of aryl methyl sites for hydroxylation is 1. The maximum absolute atomic E-state index is 12.0. The zero-order valence-corrected chi connectivity index (χ0v) is 15.2. The number of hydrogen-bond acceptors (Lipinski definition) is 3. The van der Waals surface area contributed by atoms with Crippen LogP contribution in [0.3, 0.4) is 0 Å². The Balaban J connectivity index is 1.78. The van der Waals surface area contributed by atoms with Crippen molar-refractivity contribution in [3.63, 3.8) is 0 Å². The first kappa shape index (κ1) is 18.7. The summed E-state index contributed by atoms with van der Waals surface area (Å²) in [4.78, 5) is 23.3. The van der Waals surface area contributed by atoms with Crippen molar-refractivity contribution in [1.29, 1.82) is 5.26 Å². The molecule has 2 rings (SSSR count). The Morgan fingerprint density at radius 1 is 0.960 bits per heavy atom. The predicted octanol–water partition coefficient (Wildman–Crippen LogP) is 3.55. The average molecular weight is 400 g/mol. The number of halogens is 1. The summed E-state index contributed by atoms with van der Waals surface area (Å²) >= 11 is 3.39. The van der Waals surface area contributed by atoms with Gasteiger partial charge in [-0.2, -0.15) is 5.26 Å². The first-order chi connectivity index (χ1) is 12.1. The van der Waals surface area contributed by atoms with Crippen LogP contribution >= 0.6 is 15.9 Å². The topological polar surface area (TPSA) is 82.0 Å². The lowest BCUT2D eigenvalue weighted by Gasteiger charge is -2.07. The maximum Gasteiger partial charge on any atom is 0.234 e. The normalized spacial score (nSPS) is 9.92. The van der Waals surface area contributed by atoms with Gasteiger partial charge in [-0.1, -0.05) is 40.2 Å². The van der Waals surface area contributed by atoms with Crippen LogP contribution in [0, 0.1) is 11.3 Å². The number of amides is 2. The highest BCUT2D eigenvalue weighted by Gasteiger charge is 2.04. The lowest BCUT2D eigenvalue weighted by Crippen LogP contribution is -2.21. The Hall–Kier alpha value is -2.65. The summed E-state index contributed by atoms with van der Waals surface area (Å²) in [6.07, 6.45) is 0.947. The lowest BCUT2D eigenvalue weighted by atomic mass is 10.1. The van der Waals surface area contributed by atoms with Crippen molar-refractivity contribution >= 4 is 33.4 Å². The molecule has 2 aromatic carbocycles. The molecule has 0 aliphatic carbocycles. The number of nitrogens with zero attached hydrogens (tertiary/aromatic N) is 1. The van der Waals surface area contributed by atoms with Crippen LogP contribution < -0.4 is 10.6 Å². The van der Waals surface area contributed by atoms with Crippen molar-refractivity contribution in [2.45, 2.75) is 25.8 Å². The van der Waals surface area contributed by atoms with Crippen LogP contribution in [0.4, 0.5) is 5.69 Å². The number of rotatable bonds is 7. The third kappa shape index (κ3) is 6.77. The van der Waals surface area contributed by atoms with Crippen LogP contribution in [0.5, 0.6) is 0 Å². The molecule has 0 spiro atoms. The largest absolute Gasteiger partial charge is 0.351 e. The summed E-state index contributed by atoms with van der Waals surface area (Å²) in [5.41, 5.74) is 2.73. The van der Waals surface area contributed by atoms with Gasteiger partial charge < -0.3 is 10.6 Å². The predicted molar refractivity (Wildman–Crippen MR) is 99.6 cm³/mol. The van der Waals surface area contributed by atoms with Gasteiger partial charge in [-0.05, 0) is 41.8 Å². The van der Waals surface area contributed by atoms with Gasteiger partial charge in [0, 0.05) is 23.1 Å². The Bertz CT molecular complexity index is 765. The molecule has 2 N–H and O–H groups in total. The SMILES string of the molecule is N#CCC(=O)NCc1ccc(NC(=O)CCc2ccc(Br)cc2)cc1. The Labute approximate surface area is 155 Å².